The summed E-state index contributed by atoms with van der Waals surface area (Å²) in [5.41, 5.74) is 1.03. The highest BCUT2D eigenvalue weighted by Gasteiger charge is 2.37. The van der Waals surface area contributed by atoms with E-state index in [-0.39, 0.29) is 6.54 Å². The molecule has 0 unspecified atom stereocenters. The number of hydrogen-bond donors (Lipinski definition) is 0. The summed E-state index contributed by atoms with van der Waals surface area (Å²) in [4.78, 5) is 31.3. The third-order valence-electron chi connectivity index (χ3n) is 3.80. The third kappa shape index (κ3) is 5.75. The second kappa shape index (κ2) is 8.69. The number of rotatable bonds is 4. The van der Waals surface area contributed by atoms with E-state index in [0.717, 1.165) is 5.56 Å². The number of ether oxygens (including phenoxy) is 2. The molecule has 7 heteroatoms. The molecule has 1 aliphatic rings. The summed E-state index contributed by atoms with van der Waals surface area (Å²) < 4.78 is 10.2. The molecule has 0 saturated carbocycles. The van der Waals surface area contributed by atoms with E-state index in [1.807, 2.05) is 30.3 Å². The van der Waals surface area contributed by atoms with Gasteiger partial charge in [-0.1, -0.05) is 35.5 Å². The Kier molecular flexibility index (Phi) is 6.60. The maximum Gasteiger partial charge on any atom is 0.411 e. The van der Waals surface area contributed by atoms with Crippen molar-refractivity contribution in [2.24, 2.45) is 5.16 Å². The summed E-state index contributed by atoms with van der Waals surface area (Å²) in [6.45, 7) is 5.85. The van der Waals surface area contributed by atoms with Crippen LogP contribution in [0.1, 0.15) is 39.2 Å². The molecule has 0 aliphatic carbocycles. The molecule has 1 fully saturated rings. The molecule has 1 amide bonds. The van der Waals surface area contributed by atoms with Crippen LogP contribution >= 0.6 is 0 Å². The Balaban J connectivity index is 2.04. The highest BCUT2D eigenvalue weighted by Crippen LogP contribution is 2.21. The number of carbonyl (C=O) groups excluding carboxylic acids is 2. The van der Waals surface area contributed by atoms with Crippen molar-refractivity contribution in [3.63, 3.8) is 0 Å². The average Bonchev–Trinajstić information content (AvgIpc) is 2.60. The van der Waals surface area contributed by atoms with Gasteiger partial charge in [-0.15, -0.1) is 0 Å². The molecule has 142 valence electrons. The van der Waals surface area contributed by atoms with E-state index in [1.165, 1.54) is 12.0 Å². The van der Waals surface area contributed by atoms with Crippen LogP contribution < -0.4 is 0 Å². The van der Waals surface area contributed by atoms with Crippen molar-refractivity contribution in [2.45, 2.75) is 51.9 Å². The van der Waals surface area contributed by atoms with Crippen molar-refractivity contribution in [1.29, 1.82) is 0 Å². The van der Waals surface area contributed by atoms with Crippen LogP contribution in [0.5, 0.6) is 0 Å². The Labute approximate surface area is 153 Å². The molecule has 0 N–H and O–H groups in total. The van der Waals surface area contributed by atoms with Gasteiger partial charge in [0.05, 0.1) is 19.4 Å². The van der Waals surface area contributed by atoms with Crippen LogP contribution in [0.25, 0.3) is 0 Å². The van der Waals surface area contributed by atoms with Gasteiger partial charge in [-0.05, 0) is 39.2 Å². The van der Waals surface area contributed by atoms with Crippen LogP contribution in [0.3, 0.4) is 0 Å². The van der Waals surface area contributed by atoms with Gasteiger partial charge in [0.2, 0.25) is 0 Å². The van der Waals surface area contributed by atoms with Crippen LogP contribution in [0.2, 0.25) is 0 Å². The zero-order chi connectivity index (χ0) is 19.2. The first kappa shape index (κ1) is 19.8. The molecule has 2 rings (SSSR count). The molecule has 1 atom stereocenters. The molecule has 0 aromatic heterocycles. The first-order chi connectivity index (χ1) is 12.3. The molecule has 1 aromatic rings. The molecule has 0 radical (unpaired) electrons. The minimum Gasteiger partial charge on any atom is -0.467 e. The molecule has 1 heterocycles. The number of likely N-dealkylation sites (tertiary alicyclic amines) is 1. The number of amides is 1. The number of esters is 1. The van der Waals surface area contributed by atoms with E-state index in [2.05, 4.69) is 5.16 Å². The van der Waals surface area contributed by atoms with Crippen LogP contribution in [0.4, 0.5) is 4.79 Å². The lowest BCUT2D eigenvalue weighted by Gasteiger charge is -2.35. The summed E-state index contributed by atoms with van der Waals surface area (Å²) in [6.07, 6.45) is 0.399. The number of nitrogens with zero attached hydrogens (tertiary/aromatic N) is 2. The fraction of sp³-hybridized carbons (Fsp3) is 0.526. The third-order valence-corrected chi connectivity index (χ3v) is 3.80. The lowest BCUT2D eigenvalue weighted by Crippen LogP contribution is -2.52. The predicted molar refractivity (Wildman–Crippen MR) is 96.6 cm³/mol. The molecule has 1 aliphatic heterocycles. The van der Waals surface area contributed by atoms with Crippen molar-refractivity contribution in [3.05, 3.63) is 35.9 Å². The topological polar surface area (TPSA) is 77.4 Å². The number of hydrogen-bond acceptors (Lipinski definition) is 6. The van der Waals surface area contributed by atoms with Crippen LogP contribution in [-0.4, -0.2) is 48.0 Å². The molecule has 7 nitrogen and oxygen atoms in total. The number of oxime groups is 1. The second-order valence-electron chi connectivity index (χ2n) is 7.10. The molecule has 0 bridgehead atoms. The smallest absolute Gasteiger partial charge is 0.411 e. The number of benzene rings is 1. The van der Waals surface area contributed by atoms with Crippen LogP contribution in [0, 0.1) is 0 Å². The SMILES string of the molecule is COC(=O)[C@@H]1CC/C(=N\OCc2ccccc2)CN1C(=O)OC(C)(C)C. The van der Waals surface area contributed by atoms with Gasteiger partial charge in [-0.3, -0.25) is 4.90 Å². The van der Waals surface area contributed by atoms with Gasteiger partial charge < -0.3 is 14.3 Å². The lowest BCUT2D eigenvalue weighted by atomic mass is 10.0. The van der Waals surface area contributed by atoms with Crippen molar-refractivity contribution in [1.82, 2.24) is 4.90 Å². The summed E-state index contributed by atoms with van der Waals surface area (Å²) in [5.74, 6) is -0.458. The zero-order valence-corrected chi connectivity index (χ0v) is 15.7. The predicted octanol–water partition coefficient (Wildman–Crippen LogP) is 3.13. The molecule has 1 saturated heterocycles. The highest BCUT2D eigenvalue weighted by atomic mass is 16.6. The van der Waals surface area contributed by atoms with Crippen molar-refractivity contribution in [3.8, 4) is 0 Å². The molecule has 1 aromatic carbocycles. The van der Waals surface area contributed by atoms with E-state index < -0.39 is 23.7 Å². The average molecular weight is 362 g/mol. The standard InChI is InChI=1S/C19H26N2O5/c1-19(2,3)26-18(23)21-12-15(10-11-16(21)17(22)24-4)20-25-13-14-8-6-5-7-9-14/h5-9,16H,10-13H2,1-4H3/b20-15+/t16-/m0/s1. The fourth-order valence-electron chi connectivity index (χ4n) is 2.59. The van der Waals surface area contributed by atoms with Gasteiger partial charge in [0.25, 0.3) is 0 Å². The van der Waals surface area contributed by atoms with Crippen molar-refractivity contribution in [2.75, 3.05) is 13.7 Å². The maximum atomic E-state index is 12.5. The maximum absolute atomic E-state index is 12.5. The van der Waals surface area contributed by atoms with Crippen LogP contribution in [0.15, 0.2) is 35.5 Å². The number of methoxy groups -OCH3 is 1. The van der Waals surface area contributed by atoms with E-state index in [1.54, 1.807) is 20.8 Å². The van der Waals surface area contributed by atoms with Gasteiger partial charge >= 0.3 is 12.1 Å². The fourth-order valence-corrected chi connectivity index (χ4v) is 2.59. The summed E-state index contributed by atoms with van der Waals surface area (Å²) in [7, 11) is 1.31. The Morgan fingerprint density at radius 1 is 1.23 bits per heavy atom. The Hall–Kier alpha value is -2.57. The quantitative estimate of drug-likeness (QED) is 0.607. The van der Waals surface area contributed by atoms with E-state index >= 15 is 0 Å². The first-order valence-electron chi connectivity index (χ1n) is 8.59. The monoisotopic (exact) mass is 362 g/mol. The number of piperidine rings is 1. The zero-order valence-electron chi connectivity index (χ0n) is 15.7. The van der Waals surface area contributed by atoms with Crippen molar-refractivity contribution >= 4 is 17.8 Å². The summed E-state index contributed by atoms with van der Waals surface area (Å²) >= 11 is 0. The molecule has 26 heavy (non-hydrogen) atoms. The Morgan fingerprint density at radius 3 is 2.54 bits per heavy atom. The minimum atomic E-state index is -0.678. The van der Waals surface area contributed by atoms with Gasteiger partial charge in [-0.25, -0.2) is 9.59 Å². The molecular formula is C19H26N2O5. The van der Waals surface area contributed by atoms with E-state index in [0.29, 0.717) is 25.2 Å². The van der Waals surface area contributed by atoms with Gasteiger partial charge in [0.1, 0.15) is 18.2 Å². The molecule has 0 spiro atoms. The van der Waals surface area contributed by atoms with Crippen molar-refractivity contribution < 1.29 is 23.9 Å². The van der Waals surface area contributed by atoms with E-state index in [4.69, 9.17) is 14.3 Å². The van der Waals surface area contributed by atoms with Crippen LogP contribution in [-0.2, 0) is 25.7 Å². The van der Waals surface area contributed by atoms with E-state index in [9.17, 15) is 9.59 Å². The van der Waals surface area contributed by atoms with Gasteiger partial charge in [-0.2, -0.15) is 0 Å². The normalized spacial score (nSPS) is 19.2. The Morgan fingerprint density at radius 2 is 1.92 bits per heavy atom. The Bertz CT molecular complexity index is 652. The number of carbonyl (C=O) groups is 2. The van der Waals surface area contributed by atoms with Gasteiger partial charge in [0, 0.05) is 0 Å². The first-order valence-corrected chi connectivity index (χ1v) is 8.59. The highest BCUT2D eigenvalue weighted by molar-refractivity contribution is 5.93. The molecular weight excluding hydrogens is 336 g/mol. The second-order valence-corrected chi connectivity index (χ2v) is 7.10. The largest absolute Gasteiger partial charge is 0.467 e. The summed E-state index contributed by atoms with van der Waals surface area (Å²) in [6, 6.07) is 9.00. The summed E-state index contributed by atoms with van der Waals surface area (Å²) in [5, 5.41) is 4.14. The minimum absolute atomic E-state index is 0.170. The van der Waals surface area contributed by atoms with Gasteiger partial charge in [0.15, 0.2) is 0 Å². The lowest BCUT2D eigenvalue weighted by molar-refractivity contribution is -0.147.